The Morgan fingerprint density at radius 2 is 2.33 bits per heavy atom. The minimum absolute atomic E-state index is 0.551. The largest absolute Gasteiger partial charge is 0.481 e. The quantitative estimate of drug-likeness (QED) is 0.550. The number of hydrogen-bond donors (Lipinski definition) is 0. The topological polar surface area (TPSA) is 35.0 Å². The van der Waals surface area contributed by atoms with E-state index in [-0.39, 0.29) is 0 Å². The maximum atomic E-state index is 4.80. The Kier molecular flexibility index (Phi) is 1.63. The van der Waals surface area contributed by atoms with Crippen LogP contribution in [0.2, 0.25) is 0 Å². The van der Waals surface area contributed by atoms with Gasteiger partial charge in [0.05, 0.1) is 7.11 Å². The van der Waals surface area contributed by atoms with Crippen LogP contribution in [-0.4, -0.2) is 17.1 Å². The molecule has 0 aromatic carbocycles. The van der Waals surface area contributed by atoms with Crippen LogP contribution in [0.4, 0.5) is 0 Å². The Labute approximate surface area is 53.7 Å². The van der Waals surface area contributed by atoms with Crippen molar-refractivity contribution >= 4 is 0 Å². The Morgan fingerprint density at radius 3 is 2.78 bits per heavy atom. The summed E-state index contributed by atoms with van der Waals surface area (Å²) in [6.45, 7) is 3.60. The zero-order valence-corrected chi connectivity index (χ0v) is 5.16. The van der Waals surface area contributed by atoms with E-state index in [0.29, 0.717) is 11.6 Å². The molecule has 0 spiro atoms. The van der Waals surface area contributed by atoms with Gasteiger partial charge in [-0.25, -0.2) is 9.97 Å². The first kappa shape index (κ1) is 6.01. The maximum Gasteiger partial charge on any atom is 0.216 e. The molecule has 3 nitrogen and oxygen atoms in total. The third-order valence-corrected chi connectivity index (χ3v) is 0.908. The Hall–Kier alpha value is -1.12. The highest BCUT2D eigenvalue weighted by molar-refractivity contribution is 5.14. The molecule has 0 aliphatic carbocycles. The number of ether oxygens (including phenoxy) is 1. The van der Waals surface area contributed by atoms with Gasteiger partial charge < -0.3 is 4.74 Å². The molecule has 0 saturated heterocycles. The Morgan fingerprint density at radius 1 is 1.56 bits per heavy atom. The van der Waals surface area contributed by atoms with Crippen molar-refractivity contribution in [2.45, 2.75) is 0 Å². The van der Waals surface area contributed by atoms with Crippen molar-refractivity contribution in [1.29, 1.82) is 0 Å². The summed E-state index contributed by atoms with van der Waals surface area (Å²) < 4.78 is 4.80. The van der Waals surface area contributed by atoms with Gasteiger partial charge >= 0.3 is 0 Å². The highest BCUT2D eigenvalue weighted by atomic mass is 16.5. The normalized spacial score (nSPS) is 9.11. The fraction of sp³-hybridized carbons (Fsp3) is 0.167. The van der Waals surface area contributed by atoms with Crippen molar-refractivity contribution in [3.05, 3.63) is 25.0 Å². The molecular formula is C6H7N2O. The molecule has 0 aliphatic rings. The molecule has 0 amide bonds. The highest BCUT2D eigenvalue weighted by Crippen LogP contribution is 2.02. The van der Waals surface area contributed by atoms with Crippen LogP contribution in [-0.2, 0) is 0 Å². The molecule has 0 saturated carbocycles. The zero-order valence-electron chi connectivity index (χ0n) is 5.16. The minimum atomic E-state index is 0.551. The van der Waals surface area contributed by atoms with Crippen molar-refractivity contribution in [2.75, 3.05) is 7.11 Å². The smallest absolute Gasteiger partial charge is 0.216 e. The van der Waals surface area contributed by atoms with Crippen LogP contribution < -0.4 is 4.74 Å². The Bertz CT molecular complexity index is 200. The van der Waals surface area contributed by atoms with Gasteiger partial charge in [0.15, 0.2) is 0 Å². The number of aromatic nitrogens is 2. The number of methoxy groups -OCH3 is 1. The Balaban J connectivity index is 2.94. The maximum absolute atomic E-state index is 4.80. The summed E-state index contributed by atoms with van der Waals surface area (Å²) in [4.78, 5) is 7.57. The first-order chi connectivity index (χ1) is 4.33. The number of hydrogen-bond acceptors (Lipinski definition) is 3. The average molecular weight is 123 g/mol. The molecule has 1 aromatic heterocycles. The first-order valence-electron chi connectivity index (χ1n) is 2.51. The van der Waals surface area contributed by atoms with Gasteiger partial charge in [0.25, 0.3) is 0 Å². The lowest BCUT2D eigenvalue weighted by Gasteiger charge is -1.95. The second-order valence-corrected chi connectivity index (χ2v) is 1.55. The highest BCUT2D eigenvalue weighted by Gasteiger charge is 1.89. The van der Waals surface area contributed by atoms with Crippen molar-refractivity contribution in [3.63, 3.8) is 0 Å². The molecule has 0 bridgehead atoms. The van der Waals surface area contributed by atoms with E-state index in [1.165, 1.54) is 6.33 Å². The van der Waals surface area contributed by atoms with E-state index in [0.717, 1.165) is 0 Å². The summed E-state index contributed by atoms with van der Waals surface area (Å²) in [5.41, 5.74) is 0.668. The van der Waals surface area contributed by atoms with Gasteiger partial charge in [0, 0.05) is 11.8 Å². The summed E-state index contributed by atoms with van der Waals surface area (Å²) in [7, 11) is 1.56. The zero-order chi connectivity index (χ0) is 6.69. The summed E-state index contributed by atoms with van der Waals surface area (Å²) in [6.07, 6.45) is 1.42. The molecule has 0 aliphatic heterocycles. The van der Waals surface area contributed by atoms with Crippen molar-refractivity contribution in [1.82, 2.24) is 9.97 Å². The van der Waals surface area contributed by atoms with Crippen LogP contribution in [0.1, 0.15) is 5.69 Å². The molecule has 0 N–H and O–H groups in total. The van der Waals surface area contributed by atoms with Gasteiger partial charge in [-0.1, -0.05) is 0 Å². The fourth-order valence-electron chi connectivity index (χ4n) is 0.489. The van der Waals surface area contributed by atoms with Gasteiger partial charge in [-0.2, -0.15) is 0 Å². The molecule has 0 fully saturated rings. The molecule has 3 heteroatoms. The summed E-state index contributed by atoms with van der Waals surface area (Å²) in [5.74, 6) is 0.551. The van der Waals surface area contributed by atoms with Gasteiger partial charge in [-0.3, -0.25) is 0 Å². The SMILES string of the molecule is [CH2]c1cc(OC)ncn1. The van der Waals surface area contributed by atoms with E-state index < -0.39 is 0 Å². The minimum Gasteiger partial charge on any atom is -0.481 e. The fourth-order valence-corrected chi connectivity index (χ4v) is 0.489. The predicted molar refractivity (Wildman–Crippen MR) is 33.0 cm³/mol. The molecular weight excluding hydrogens is 116 g/mol. The average Bonchev–Trinajstić information content (AvgIpc) is 1.88. The van der Waals surface area contributed by atoms with Crippen molar-refractivity contribution < 1.29 is 4.74 Å². The van der Waals surface area contributed by atoms with Gasteiger partial charge in [0.2, 0.25) is 5.88 Å². The van der Waals surface area contributed by atoms with Crippen molar-refractivity contribution in [3.8, 4) is 5.88 Å². The molecule has 1 aromatic rings. The molecule has 1 heterocycles. The van der Waals surface area contributed by atoms with E-state index in [9.17, 15) is 0 Å². The second-order valence-electron chi connectivity index (χ2n) is 1.55. The lowest BCUT2D eigenvalue weighted by molar-refractivity contribution is 0.396. The lowest BCUT2D eigenvalue weighted by Crippen LogP contribution is -1.88. The van der Waals surface area contributed by atoms with E-state index >= 15 is 0 Å². The number of rotatable bonds is 1. The summed E-state index contributed by atoms with van der Waals surface area (Å²) in [6, 6.07) is 1.67. The summed E-state index contributed by atoms with van der Waals surface area (Å²) in [5, 5.41) is 0. The van der Waals surface area contributed by atoms with Crippen LogP contribution in [0.15, 0.2) is 12.4 Å². The molecule has 47 valence electrons. The molecule has 1 rings (SSSR count). The van der Waals surface area contributed by atoms with E-state index in [2.05, 4.69) is 16.9 Å². The summed E-state index contributed by atoms with van der Waals surface area (Å²) >= 11 is 0. The molecule has 1 radical (unpaired) electrons. The first-order valence-corrected chi connectivity index (χ1v) is 2.51. The molecule has 0 unspecified atom stereocenters. The molecule has 9 heavy (non-hydrogen) atoms. The van der Waals surface area contributed by atoms with E-state index in [1.54, 1.807) is 13.2 Å². The third kappa shape index (κ3) is 1.38. The van der Waals surface area contributed by atoms with Crippen molar-refractivity contribution in [2.24, 2.45) is 0 Å². The standard InChI is InChI=1S/C6H7N2O/c1-5-3-6(9-2)8-4-7-5/h3-4H,1H2,2H3. The molecule has 0 atom stereocenters. The van der Waals surface area contributed by atoms with Crippen LogP contribution in [0.25, 0.3) is 0 Å². The van der Waals surface area contributed by atoms with Crippen LogP contribution in [0.5, 0.6) is 5.88 Å². The van der Waals surface area contributed by atoms with E-state index in [1.807, 2.05) is 0 Å². The predicted octanol–water partition coefficient (Wildman–Crippen LogP) is 0.667. The van der Waals surface area contributed by atoms with Gasteiger partial charge in [0.1, 0.15) is 6.33 Å². The van der Waals surface area contributed by atoms with Gasteiger partial charge in [-0.05, 0) is 6.92 Å². The monoisotopic (exact) mass is 123 g/mol. The van der Waals surface area contributed by atoms with Crippen LogP contribution >= 0.6 is 0 Å². The van der Waals surface area contributed by atoms with E-state index in [4.69, 9.17) is 4.74 Å². The second kappa shape index (κ2) is 2.44. The van der Waals surface area contributed by atoms with Crippen LogP contribution in [0, 0.1) is 6.92 Å². The number of nitrogens with zero attached hydrogens (tertiary/aromatic N) is 2. The lowest BCUT2D eigenvalue weighted by atomic mass is 10.4. The van der Waals surface area contributed by atoms with Gasteiger partial charge in [-0.15, -0.1) is 0 Å². The third-order valence-electron chi connectivity index (χ3n) is 0.908. The van der Waals surface area contributed by atoms with Crippen LogP contribution in [0.3, 0.4) is 0 Å².